The summed E-state index contributed by atoms with van der Waals surface area (Å²) in [4.78, 5) is 22.5. The zero-order valence-corrected chi connectivity index (χ0v) is 15.7. The van der Waals surface area contributed by atoms with Crippen molar-refractivity contribution in [3.8, 4) is 0 Å². The summed E-state index contributed by atoms with van der Waals surface area (Å²) >= 11 is 0. The van der Waals surface area contributed by atoms with Crippen molar-refractivity contribution in [2.75, 3.05) is 43.0 Å². The van der Waals surface area contributed by atoms with Crippen LogP contribution >= 0.6 is 0 Å². The third-order valence-corrected chi connectivity index (χ3v) is 5.34. The number of carbonyl (C=O) groups is 1. The molecule has 0 saturated carbocycles. The lowest BCUT2D eigenvalue weighted by Crippen LogP contribution is -2.48. The topological polar surface area (TPSA) is 74.8 Å². The SMILES string of the molecule is Cc1cc(N2CC(n3cc(N4CCN(C)C4=O)cn3)C2)n2nc(C)cc2n1. The Labute approximate surface area is 156 Å². The van der Waals surface area contributed by atoms with Gasteiger partial charge in [-0.2, -0.15) is 14.7 Å². The molecule has 5 rings (SSSR count). The molecule has 140 valence electrons. The fourth-order valence-corrected chi connectivity index (χ4v) is 3.78. The van der Waals surface area contributed by atoms with Gasteiger partial charge in [0.25, 0.3) is 0 Å². The van der Waals surface area contributed by atoms with E-state index in [4.69, 9.17) is 0 Å². The Morgan fingerprint density at radius 1 is 1.11 bits per heavy atom. The van der Waals surface area contributed by atoms with Gasteiger partial charge in [-0.3, -0.25) is 9.58 Å². The molecule has 5 heterocycles. The first-order chi connectivity index (χ1) is 13.0. The van der Waals surface area contributed by atoms with E-state index in [0.29, 0.717) is 6.54 Å². The number of amides is 2. The molecule has 3 aromatic rings. The van der Waals surface area contributed by atoms with E-state index in [1.807, 2.05) is 42.4 Å². The van der Waals surface area contributed by atoms with E-state index in [1.54, 1.807) is 16.0 Å². The van der Waals surface area contributed by atoms with E-state index in [1.165, 1.54) is 0 Å². The molecule has 0 aliphatic carbocycles. The first-order valence-electron chi connectivity index (χ1n) is 9.15. The maximum atomic E-state index is 12.2. The summed E-state index contributed by atoms with van der Waals surface area (Å²) in [6.45, 7) is 7.16. The summed E-state index contributed by atoms with van der Waals surface area (Å²) in [6.07, 6.45) is 3.76. The van der Waals surface area contributed by atoms with Gasteiger partial charge in [0.1, 0.15) is 5.82 Å². The highest BCUT2D eigenvalue weighted by Gasteiger charge is 2.33. The van der Waals surface area contributed by atoms with Gasteiger partial charge in [-0.1, -0.05) is 0 Å². The monoisotopic (exact) mass is 366 g/mol. The minimum absolute atomic E-state index is 0.0356. The van der Waals surface area contributed by atoms with Crippen LogP contribution in [0.1, 0.15) is 17.4 Å². The molecule has 0 spiro atoms. The zero-order chi connectivity index (χ0) is 18.7. The Hall–Kier alpha value is -3.10. The standard InChI is InChI=1S/C18H22N8O/c1-12-7-17(26-16(20-12)6-13(2)21-26)23-9-15(10-23)25-11-14(8-19-25)24-5-4-22(3)18(24)27/h6-8,11,15H,4-5,9-10H2,1-3H3. The zero-order valence-electron chi connectivity index (χ0n) is 15.7. The number of fused-ring (bicyclic) bond motifs is 1. The first kappa shape index (κ1) is 16.1. The van der Waals surface area contributed by atoms with Gasteiger partial charge in [0.2, 0.25) is 0 Å². The molecule has 2 saturated heterocycles. The molecule has 0 unspecified atom stereocenters. The van der Waals surface area contributed by atoms with Crippen LogP contribution in [0.15, 0.2) is 24.5 Å². The number of carbonyl (C=O) groups excluding carboxylic acids is 1. The van der Waals surface area contributed by atoms with Gasteiger partial charge in [-0.05, 0) is 13.8 Å². The Morgan fingerprint density at radius 3 is 2.67 bits per heavy atom. The van der Waals surface area contributed by atoms with E-state index >= 15 is 0 Å². The Balaban J connectivity index is 1.34. The van der Waals surface area contributed by atoms with Crippen LogP contribution in [0.5, 0.6) is 0 Å². The number of urea groups is 1. The maximum Gasteiger partial charge on any atom is 0.324 e. The second-order valence-corrected chi connectivity index (χ2v) is 7.40. The van der Waals surface area contributed by atoms with Gasteiger partial charge in [-0.15, -0.1) is 0 Å². The number of aryl methyl sites for hydroxylation is 2. The Bertz CT molecular complexity index is 1030. The highest BCUT2D eigenvalue weighted by Crippen LogP contribution is 2.30. The van der Waals surface area contributed by atoms with E-state index < -0.39 is 0 Å². The summed E-state index contributed by atoms with van der Waals surface area (Å²) in [5.74, 6) is 1.06. The third-order valence-electron chi connectivity index (χ3n) is 5.34. The molecular formula is C18H22N8O. The molecular weight excluding hydrogens is 344 g/mol. The van der Waals surface area contributed by atoms with Crippen LogP contribution in [0.25, 0.3) is 5.65 Å². The Morgan fingerprint density at radius 2 is 1.93 bits per heavy atom. The molecule has 9 heteroatoms. The maximum absolute atomic E-state index is 12.2. The van der Waals surface area contributed by atoms with Crippen molar-refractivity contribution in [3.63, 3.8) is 0 Å². The van der Waals surface area contributed by atoms with Crippen LogP contribution in [-0.4, -0.2) is 68.5 Å². The number of likely N-dealkylation sites (N-methyl/N-ethyl adjacent to an activating group) is 1. The van der Waals surface area contributed by atoms with Gasteiger partial charge in [0.05, 0.1) is 23.6 Å². The lowest BCUT2D eigenvalue weighted by molar-refractivity contribution is 0.229. The second kappa shape index (κ2) is 5.70. The van der Waals surface area contributed by atoms with Crippen molar-refractivity contribution in [1.82, 2.24) is 29.3 Å². The molecule has 0 atom stereocenters. The highest BCUT2D eigenvalue weighted by molar-refractivity contribution is 5.93. The molecule has 0 radical (unpaired) electrons. The predicted molar refractivity (Wildman–Crippen MR) is 101 cm³/mol. The molecule has 0 N–H and O–H groups in total. The van der Waals surface area contributed by atoms with Gasteiger partial charge in [-0.25, -0.2) is 9.78 Å². The van der Waals surface area contributed by atoms with Gasteiger partial charge in [0.15, 0.2) is 5.65 Å². The summed E-state index contributed by atoms with van der Waals surface area (Å²) < 4.78 is 3.88. The summed E-state index contributed by atoms with van der Waals surface area (Å²) in [5, 5.41) is 9.07. The average Bonchev–Trinajstić information content (AvgIpc) is 3.26. The van der Waals surface area contributed by atoms with Crippen LogP contribution in [0.3, 0.4) is 0 Å². The quantitative estimate of drug-likeness (QED) is 0.702. The van der Waals surface area contributed by atoms with Crippen LogP contribution in [-0.2, 0) is 0 Å². The minimum atomic E-state index is 0.0356. The van der Waals surface area contributed by atoms with E-state index in [9.17, 15) is 4.79 Å². The van der Waals surface area contributed by atoms with E-state index in [2.05, 4.69) is 26.1 Å². The molecule has 2 fully saturated rings. The molecule has 0 bridgehead atoms. The van der Waals surface area contributed by atoms with Crippen molar-refractivity contribution in [3.05, 3.63) is 35.9 Å². The van der Waals surface area contributed by atoms with Gasteiger partial charge in [0, 0.05) is 57.3 Å². The Kier molecular flexibility index (Phi) is 3.40. The first-order valence-corrected chi connectivity index (χ1v) is 9.15. The minimum Gasteiger partial charge on any atom is -0.352 e. The van der Waals surface area contributed by atoms with Gasteiger partial charge >= 0.3 is 6.03 Å². The van der Waals surface area contributed by atoms with Crippen molar-refractivity contribution < 1.29 is 4.79 Å². The van der Waals surface area contributed by atoms with Gasteiger partial charge < -0.3 is 9.80 Å². The number of nitrogens with zero attached hydrogens (tertiary/aromatic N) is 8. The molecule has 2 amide bonds. The smallest absolute Gasteiger partial charge is 0.324 e. The number of hydrogen-bond acceptors (Lipinski definition) is 5. The number of aromatic nitrogens is 5. The van der Waals surface area contributed by atoms with Crippen molar-refractivity contribution in [1.29, 1.82) is 0 Å². The number of anilines is 2. The summed E-state index contributed by atoms with van der Waals surface area (Å²) in [6, 6.07) is 4.39. The molecule has 3 aromatic heterocycles. The average molecular weight is 366 g/mol. The predicted octanol–water partition coefficient (Wildman–Crippen LogP) is 1.48. The fraction of sp³-hybridized carbons (Fsp3) is 0.444. The molecule has 0 aromatic carbocycles. The van der Waals surface area contributed by atoms with Crippen molar-refractivity contribution in [2.24, 2.45) is 0 Å². The summed E-state index contributed by atoms with van der Waals surface area (Å²) in [5.41, 5.74) is 3.69. The lowest BCUT2D eigenvalue weighted by atomic mass is 10.1. The van der Waals surface area contributed by atoms with Crippen LogP contribution < -0.4 is 9.80 Å². The van der Waals surface area contributed by atoms with E-state index in [0.717, 1.165) is 48.2 Å². The number of hydrogen-bond donors (Lipinski definition) is 0. The highest BCUT2D eigenvalue weighted by atomic mass is 16.2. The molecule has 9 nitrogen and oxygen atoms in total. The molecule has 27 heavy (non-hydrogen) atoms. The second-order valence-electron chi connectivity index (χ2n) is 7.40. The molecule has 2 aliphatic heterocycles. The normalized spacial score (nSPS) is 18.0. The summed E-state index contributed by atoms with van der Waals surface area (Å²) in [7, 11) is 1.82. The van der Waals surface area contributed by atoms with Crippen LogP contribution in [0.2, 0.25) is 0 Å². The lowest BCUT2D eigenvalue weighted by Gasteiger charge is -2.40. The van der Waals surface area contributed by atoms with E-state index in [-0.39, 0.29) is 12.1 Å². The van der Waals surface area contributed by atoms with Crippen LogP contribution in [0, 0.1) is 13.8 Å². The number of rotatable bonds is 3. The van der Waals surface area contributed by atoms with Crippen LogP contribution in [0.4, 0.5) is 16.3 Å². The third kappa shape index (κ3) is 2.53. The van der Waals surface area contributed by atoms with Crippen molar-refractivity contribution >= 4 is 23.2 Å². The van der Waals surface area contributed by atoms with Crippen molar-refractivity contribution in [2.45, 2.75) is 19.9 Å². The fourth-order valence-electron chi connectivity index (χ4n) is 3.78. The molecule has 2 aliphatic rings. The largest absolute Gasteiger partial charge is 0.352 e.